The number of amides is 2. The molecule has 6 heteroatoms. The summed E-state index contributed by atoms with van der Waals surface area (Å²) in [6.45, 7) is -0.349. The minimum Gasteiger partial charge on any atom is -0.386 e. The van der Waals surface area contributed by atoms with Gasteiger partial charge in [0.05, 0.1) is 5.56 Å². The molecule has 23 heavy (non-hydrogen) atoms. The number of rotatable bonds is 4. The maximum atomic E-state index is 13.5. The smallest absolute Gasteiger partial charge is 0.319 e. The average Bonchev–Trinajstić information content (AvgIpc) is 2.53. The number of benzene rings is 2. The summed E-state index contributed by atoms with van der Waals surface area (Å²) in [5, 5.41) is 14.7. The van der Waals surface area contributed by atoms with Gasteiger partial charge in [-0.15, -0.1) is 6.42 Å². The summed E-state index contributed by atoms with van der Waals surface area (Å²) < 4.78 is 27.0. The number of aliphatic hydroxyl groups excluding tert-OH is 1. The van der Waals surface area contributed by atoms with Crippen molar-refractivity contribution in [3.8, 4) is 12.3 Å². The molecule has 0 aromatic heterocycles. The number of nitrogens with one attached hydrogen (secondary N) is 2. The Labute approximate surface area is 132 Å². The molecule has 2 aromatic rings. The zero-order valence-corrected chi connectivity index (χ0v) is 12.0. The quantitative estimate of drug-likeness (QED) is 0.760. The van der Waals surface area contributed by atoms with Crippen molar-refractivity contribution in [1.29, 1.82) is 0 Å². The zero-order valence-electron chi connectivity index (χ0n) is 12.0. The Hall–Kier alpha value is -2.91. The average molecular weight is 316 g/mol. The van der Waals surface area contributed by atoms with E-state index in [1.165, 1.54) is 6.07 Å². The Bertz CT molecular complexity index is 736. The molecule has 0 bridgehead atoms. The molecule has 118 valence electrons. The van der Waals surface area contributed by atoms with E-state index in [9.17, 15) is 18.7 Å². The molecule has 2 rings (SSSR count). The van der Waals surface area contributed by atoms with Crippen LogP contribution < -0.4 is 10.6 Å². The summed E-state index contributed by atoms with van der Waals surface area (Å²) in [6.07, 6.45) is 3.76. The first-order chi connectivity index (χ1) is 11.0. The van der Waals surface area contributed by atoms with E-state index in [0.29, 0.717) is 11.3 Å². The van der Waals surface area contributed by atoms with Gasteiger partial charge in [0.2, 0.25) is 0 Å². The summed E-state index contributed by atoms with van der Waals surface area (Å²) >= 11 is 0. The van der Waals surface area contributed by atoms with E-state index in [4.69, 9.17) is 6.42 Å². The number of hydrogen-bond donors (Lipinski definition) is 3. The van der Waals surface area contributed by atoms with Crippen molar-refractivity contribution in [3.63, 3.8) is 0 Å². The molecule has 0 spiro atoms. The molecule has 2 amide bonds. The zero-order chi connectivity index (χ0) is 16.8. The third-order valence-electron chi connectivity index (χ3n) is 3.08. The van der Waals surface area contributed by atoms with Gasteiger partial charge in [0.25, 0.3) is 0 Å². The minimum absolute atomic E-state index is 0.349. The number of carbonyl (C=O) groups excluding carboxylic acids is 1. The highest BCUT2D eigenvalue weighted by atomic mass is 19.1. The summed E-state index contributed by atoms with van der Waals surface area (Å²) in [4.78, 5) is 11.7. The molecule has 0 saturated heterocycles. The van der Waals surface area contributed by atoms with E-state index in [2.05, 4.69) is 16.6 Å². The van der Waals surface area contributed by atoms with E-state index in [-0.39, 0.29) is 6.54 Å². The molecule has 1 unspecified atom stereocenters. The van der Waals surface area contributed by atoms with Crippen LogP contribution in [0.5, 0.6) is 0 Å². The third-order valence-corrected chi connectivity index (χ3v) is 3.08. The molecular weight excluding hydrogens is 302 g/mol. The normalized spacial score (nSPS) is 11.4. The van der Waals surface area contributed by atoms with Crippen LogP contribution in [0.15, 0.2) is 42.5 Å². The highest BCUT2D eigenvalue weighted by Crippen LogP contribution is 2.20. The number of carbonyl (C=O) groups is 1. The van der Waals surface area contributed by atoms with Gasteiger partial charge in [-0.05, 0) is 30.3 Å². The number of anilines is 1. The highest BCUT2D eigenvalue weighted by Gasteiger charge is 2.18. The van der Waals surface area contributed by atoms with Crippen molar-refractivity contribution < 1.29 is 18.7 Å². The fraction of sp³-hybridized carbons (Fsp3) is 0.118. The first-order valence-corrected chi connectivity index (χ1v) is 6.74. The predicted molar refractivity (Wildman–Crippen MR) is 82.7 cm³/mol. The molecule has 0 saturated carbocycles. The molecule has 1 atom stereocenters. The number of terminal acetylenes is 1. The van der Waals surface area contributed by atoms with Crippen molar-refractivity contribution in [1.82, 2.24) is 5.32 Å². The van der Waals surface area contributed by atoms with Crippen LogP contribution in [0.3, 0.4) is 0 Å². The van der Waals surface area contributed by atoms with Crippen LogP contribution >= 0.6 is 0 Å². The van der Waals surface area contributed by atoms with Crippen LogP contribution in [-0.4, -0.2) is 17.7 Å². The van der Waals surface area contributed by atoms with Crippen molar-refractivity contribution in [3.05, 3.63) is 65.2 Å². The first kappa shape index (κ1) is 16.5. The van der Waals surface area contributed by atoms with Gasteiger partial charge in [0.15, 0.2) is 0 Å². The van der Waals surface area contributed by atoms with Crippen LogP contribution in [0, 0.1) is 24.0 Å². The van der Waals surface area contributed by atoms with E-state index in [0.717, 1.165) is 12.1 Å². The lowest BCUT2D eigenvalue weighted by Crippen LogP contribution is -2.32. The minimum atomic E-state index is -1.50. The Morgan fingerprint density at radius 2 is 1.87 bits per heavy atom. The van der Waals surface area contributed by atoms with Gasteiger partial charge in [-0.2, -0.15) is 0 Å². The summed E-state index contributed by atoms with van der Waals surface area (Å²) in [7, 11) is 0. The highest BCUT2D eigenvalue weighted by molar-refractivity contribution is 5.89. The van der Waals surface area contributed by atoms with Crippen LogP contribution in [-0.2, 0) is 0 Å². The number of aliphatic hydroxyl groups is 1. The lowest BCUT2D eigenvalue weighted by Gasteiger charge is -2.14. The Balaban J connectivity index is 1.95. The molecule has 3 N–H and O–H groups in total. The maximum Gasteiger partial charge on any atom is 0.319 e. The molecule has 0 fully saturated rings. The summed E-state index contributed by atoms with van der Waals surface area (Å²) in [6, 6.07) is 9.23. The van der Waals surface area contributed by atoms with Crippen molar-refractivity contribution in [2.45, 2.75) is 6.10 Å². The lowest BCUT2D eigenvalue weighted by atomic mass is 10.1. The molecule has 4 nitrogen and oxygen atoms in total. The molecule has 0 heterocycles. The summed E-state index contributed by atoms with van der Waals surface area (Å²) in [5.74, 6) is 0.682. The Morgan fingerprint density at radius 3 is 2.52 bits per heavy atom. The van der Waals surface area contributed by atoms with Gasteiger partial charge >= 0.3 is 6.03 Å². The van der Waals surface area contributed by atoms with Gasteiger partial charge in [0, 0.05) is 17.8 Å². The van der Waals surface area contributed by atoms with Gasteiger partial charge < -0.3 is 15.7 Å². The molecule has 2 aromatic carbocycles. The second-order valence-corrected chi connectivity index (χ2v) is 4.71. The maximum absolute atomic E-state index is 13.5. The predicted octanol–water partition coefficient (Wildman–Crippen LogP) is 2.80. The molecule has 0 aliphatic carbocycles. The van der Waals surface area contributed by atoms with Crippen LogP contribution in [0.4, 0.5) is 19.3 Å². The van der Waals surface area contributed by atoms with E-state index in [1.807, 2.05) is 0 Å². The van der Waals surface area contributed by atoms with Crippen LogP contribution in [0.1, 0.15) is 17.2 Å². The molecular formula is C17H14F2N2O2. The van der Waals surface area contributed by atoms with Crippen molar-refractivity contribution in [2.24, 2.45) is 0 Å². The van der Waals surface area contributed by atoms with Crippen molar-refractivity contribution >= 4 is 11.7 Å². The van der Waals surface area contributed by atoms with Gasteiger partial charge in [-0.3, -0.25) is 0 Å². The monoisotopic (exact) mass is 316 g/mol. The van der Waals surface area contributed by atoms with Crippen molar-refractivity contribution in [2.75, 3.05) is 11.9 Å². The van der Waals surface area contributed by atoms with Gasteiger partial charge in [0.1, 0.15) is 17.7 Å². The number of urea groups is 1. The van der Waals surface area contributed by atoms with E-state index in [1.54, 1.807) is 24.3 Å². The Morgan fingerprint density at radius 1 is 1.22 bits per heavy atom. The Kier molecular flexibility index (Phi) is 5.28. The second-order valence-electron chi connectivity index (χ2n) is 4.71. The van der Waals surface area contributed by atoms with Crippen LogP contribution in [0.2, 0.25) is 0 Å². The lowest BCUT2D eigenvalue weighted by molar-refractivity contribution is 0.166. The molecule has 0 aliphatic rings. The van der Waals surface area contributed by atoms with Crippen LogP contribution in [0.25, 0.3) is 0 Å². The third kappa shape index (κ3) is 4.28. The van der Waals surface area contributed by atoms with E-state index >= 15 is 0 Å². The second kappa shape index (κ2) is 7.38. The number of hydrogen-bond acceptors (Lipinski definition) is 2. The first-order valence-electron chi connectivity index (χ1n) is 6.74. The SMILES string of the molecule is C#Cc1cccc(NC(=O)NCC(O)c2c(F)cccc2F)c1. The molecule has 0 radical (unpaired) electrons. The molecule has 0 aliphatic heterocycles. The summed E-state index contributed by atoms with van der Waals surface area (Å²) in [5.41, 5.74) is 0.572. The standard InChI is InChI=1S/C17H14F2N2O2/c1-2-11-5-3-6-12(9-11)21-17(23)20-10-15(22)16-13(18)7-4-8-14(16)19/h1,3-9,15,22H,10H2,(H2,20,21,23). The van der Waals surface area contributed by atoms with Gasteiger partial charge in [-0.1, -0.05) is 18.1 Å². The fourth-order valence-electron chi connectivity index (χ4n) is 1.98. The largest absolute Gasteiger partial charge is 0.386 e. The topological polar surface area (TPSA) is 61.4 Å². The fourth-order valence-corrected chi connectivity index (χ4v) is 1.98. The van der Waals surface area contributed by atoms with E-state index < -0.39 is 29.3 Å². The van der Waals surface area contributed by atoms with Gasteiger partial charge in [-0.25, -0.2) is 13.6 Å². The number of halogens is 2.